The zero-order valence-electron chi connectivity index (χ0n) is 10.2. The van der Waals surface area contributed by atoms with Crippen LogP contribution in [0, 0.1) is 0 Å². The minimum absolute atomic E-state index is 0.0520. The van der Waals surface area contributed by atoms with Gasteiger partial charge in [0.05, 0.1) is 6.54 Å². The smallest absolute Gasteiger partial charge is 0.410 e. The molecule has 0 aromatic heterocycles. The minimum atomic E-state index is -2.36. The summed E-state index contributed by atoms with van der Waals surface area (Å²) >= 11 is 0. The lowest BCUT2D eigenvalue weighted by Gasteiger charge is -2.17. The van der Waals surface area contributed by atoms with Crippen LogP contribution in [0.25, 0.3) is 0 Å². The highest BCUT2D eigenvalue weighted by Gasteiger charge is 2.47. The molecule has 1 aliphatic heterocycles. The van der Waals surface area contributed by atoms with Crippen molar-refractivity contribution in [3.8, 4) is 0 Å². The molecule has 6 heteroatoms. The number of hydrogen-bond acceptors (Lipinski definition) is 3. The number of nitrogens with zero attached hydrogens (tertiary/aromatic N) is 1. The molecule has 19 heavy (non-hydrogen) atoms. The number of hydrogen-bond donors (Lipinski definition) is 1. The molecular weight excluding hydrogens is 253 g/mol. The molecule has 1 saturated heterocycles. The zero-order valence-corrected chi connectivity index (χ0v) is 10.2. The van der Waals surface area contributed by atoms with Crippen molar-refractivity contribution in [3.05, 3.63) is 35.9 Å². The van der Waals surface area contributed by atoms with Crippen molar-refractivity contribution in [1.82, 2.24) is 4.90 Å². The number of benzene rings is 1. The van der Waals surface area contributed by atoms with E-state index in [9.17, 15) is 14.0 Å². The second-order valence-corrected chi connectivity index (χ2v) is 4.48. The molecule has 1 aromatic carbocycles. The van der Waals surface area contributed by atoms with E-state index in [1.807, 2.05) is 18.2 Å². The van der Waals surface area contributed by atoms with Gasteiger partial charge >= 0.3 is 12.1 Å². The molecule has 0 radical (unpaired) electrons. The van der Waals surface area contributed by atoms with Crippen LogP contribution < -0.4 is 0 Å². The lowest BCUT2D eigenvalue weighted by atomic mass is 10.1. The molecular formula is C13H14FNO4. The molecule has 1 fully saturated rings. The summed E-state index contributed by atoms with van der Waals surface area (Å²) in [7, 11) is 0. The summed E-state index contributed by atoms with van der Waals surface area (Å²) in [6.07, 6.45) is -0.896. The molecule has 0 saturated carbocycles. The third-order valence-electron chi connectivity index (χ3n) is 3.07. The molecule has 5 nitrogen and oxygen atoms in total. The second-order valence-electron chi connectivity index (χ2n) is 4.48. The van der Waals surface area contributed by atoms with Crippen molar-refractivity contribution in [1.29, 1.82) is 0 Å². The van der Waals surface area contributed by atoms with Crippen molar-refractivity contribution in [2.24, 2.45) is 0 Å². The number of rotatable bonds is 3. The van der Waals surface area contributed by atoms with Crippen LogP contribution in [0.15, 0.2) is 30.3 Å². The fourth-order valence-electron chi connectivity index (χ4n) is 1.91. The number of halogens is 1. The van der Waals surface area contributed by atoms with E-state index < -0.39 is 24.3 Å². The predicted octanol–water partition coefficient (Wildman–Crippen LogP) is 1.82. The van der Waals surface area contributed by atoms with E-state index >= 15 is 0 Å². The maximum atomic E-state index is 13.8. The molecule has 1 N–H and O–H groups in total. The maximum absolute atomic E-state index is 13.8. The molecule has 0 bridgehead atoms. The fourth-order valence-corrected chi connectivity index (χ4v) is 1.91. The Morgan fingerprint density at radius 3 is 2.63 bits per heavy atom. The van der Waals surface area contributed by atoms with Crippen molar-refractivity contribution in [3.63, 3.8) is 0 Å². The van der Waals surface area contributed by atoms with Gasteiger partial charge in [0.2, 0.25) is 5.67 Å². The standard InChI is InChI=1S/C13H14FNO4/c14-13(11(16)17)6-7-15(9-13)12(18)19-8-10-4-2-1-3-5-10/h1-5H,6-9H2,(H,16,17). The number of carbonyl (C=O) groups excluding carboxylic acids is 1. The molecule has 1 unspecified atom stereocenters. The number of ether oxygens (including phenoxy) is 1. The topological polar surface area (TPSA) is 66.8 Å². The molecule has 102 valence electrons. The summed E-state index contributed by atoms with van der Waals surface area (Å²) < 4.78 is 18.8. The highest BCUT2D eigenvalue weighted by molar-refractivity contribution is 5.80. The predicted molar refractivity (Wildman–Crippen MR) is 64.3 cm³/mol. The summed E-state index contributed by atoms with van der Waals surface area (Å²) in [4.78, 5) is 23.5. The lowest BCUT2D eigenvalue weighted by Crippen LogP contribution is -2.39. The highest BCUT2D eigenvalue weighted by atomic mass is 19.1. The van der Waals surface area contributed by atoms with Gasteiger partial charge in [0.1, 0.15) is 6.61 Å². The molecule has 2 rings (SSSR count). The van der Waals surface area contributed by atoms with Crippen molar-refractivity contribution >= 4 is 12.1 Å². The first-order valence-electron chi connectivity index (χ1n) is 5.89. The van der Waals surface area contributed by atoms with Gasteiger partial charge in [0.25, 0.3) is 0 Å². The van der Waals surface area contributed by atoms with Crippen LogP contribution in [0.3, 0.4) is 0 Å². The van der Waals surface area contributed by atoms with E-state index in [0.717, 1.165) is 10.5 Å². The van der Waals surface area contributed by atoms with Gasteiger partial charge in [-0.1, -0.05) is 30.3 Å². The van der Waals surface area contributed by atoms with Crippen molar-refractivity contribution < 1.29 is 23.8 Å². The average Bonchev–Trinajstić information content (AvgIpc) is 2.81. The maximum Gasteiger partial charge on any atom is 0.410 e. The van der Waals surface area contributed by atoms with Crippen LogP contribution in [0.4, 0.5) is 9.18 Å². The molecule has 0 aliphatic carbocycles. The van der Waals surface area contributed by atoms with Gasteiger partial charge in [0, 0.05) is 13.0 Å². The van der Waals surface area contributed by atoms with Crippen LogP contribution in [0.2, 0.25) is 0 Å². The summed E-state index contributed by atoms with van der Waals surface area (Å²) in [5.41, 5.74) is -1.54. The molecule has 1 aromatic rings. The number of aliphatic carboxylic acids is 1. The Kier molecular flexibility index (Phi) is 3.69. The molecule has 1 amide bonds. The number of carbonyl (C=O) groups is 2. The summed E-state index contributed by atoms with van der Waals surface area (Å²) in [5, 5.41) is 8.73. The van der Waals surface area contributed by atoms with Crippen LogP contribution >= 0.6 is 0 Å². The Bertz CT molecular complexity index is 479. The summed E-state index contributed by atoms with van der Waals surface area (Å²) in [6.45, 7) is -0.324. The number of carboxylic acid groups (broad SMARTS) is 1. The first-order chi connectivity index (χ1) is 9.01. The Morgan fingerprint density at radius 1 is 1.37 bits per heavy atom. The zero-order chi connectivity index (χ0) is 13.9. The van der Waals surface area contributed by atoms with Gasteiger partial charge in [-0.2, -0.15) is 0 Å². The van der Waals surface area contributed by atoms with E-state index in [0.29, 0.717) is 0 Å². The average molecular weight is 267 g/mol. The third kappa shape index (κ3) is 3.01. The number of amides is 1. The van der Waals surface area contributed by atoms with E-state index in [1.54, 1.807) is 12.1 Å². The van der Waals surface area contributed by atoms with E-state index in [2.05, 4.69) is 0 Å². The summed E-state index contributed by atoms with van der Waals surface area (Å²) in [5.74, 6) is -1.54. The molecule has 1 aliphatic rings. The van der Waals surface area contributed by atoms with Crippen LogP contribution in [0.1, 0.15) is 12.0 Å². The Morgan fingerprint density at radius 2 is 2.05 bits per heavy atom. The van der Waals surface area contributed by atoms with Crippen molar-refractivity contribution in [2.75, 3.05) is 13.1 Å². The lowest BCUT2D eigenvalue weighted by molar-refractivity contribution is -0.149. The Balaban J connectivity index is 1.87. The van der Waals surface area contributed by atoms with Crippen molar-refractivity contribution in [2.45, 2.75) is 18.7 Å². The number of carboxylic acids is 1. The minimum Gasteiger partial charge on any atom is -0.479 e. The monoisotopic (exact) mass is 267 g/mol. The first kappa shape index (κ1) is 13.3. The normalized spacial score (nSPS) is 22.3. The number of alkyl halides is 1. The number of likely N-dealkylation sites (tertiary alicyclic amines) is 1. The van der Waals surface area contributed by atoms with E-state index in [1.165, 1.54) is 0 Å². The molecule has 1 heterocycles. The Hall–Kier alpha value is -2.11. The highest BCUT2D eigenvalue weighted by Crippen LogP contribution is 2.26. The van der Waals surface area contributed by atoms with Gasteiger partial charge in [-0.3, -0.25) is 0 Å². The van der Waals surface area contributed by atoms with Gasteiger partial charge in [-0.25, -0.2) is 14.0 Å². The van der Waals surface area contributed by atoms with E-state index in [4.69, 9.17) is 9.84 Å². The SMILES string of the molecule is O=C(OCc1ccccc1)N1CCC(F)(C(=O)O)C1. The third-order valence-corrected chi connectivity index (χ3v) is 3.07. The molecule has 0 spiro atoms. The van der Waals surface area contributed by atoms with Gasteiger partial charge in [-0.15, -0.1) is 0 Å². The van der Waals surface area contributed by atoms with Gasteiger partial charge in [-0.05, 0) is 5.56 Å². The van der Waals surface area contributed by atoms with Gasteiger partial charge in [0.15, 0.2) is 0 Å². The van der Waals surface area contributed by atoms with Crippen LogP contribution in [-0.4, -0.2) is 40.8 Å². The largest absolute Gasteiger partial charge is 0.479 e. The van der Waals surface area contributed by atoms with Crippen LogP contribution in [0.5, 0.6) is 0 Å². The quantitative estimate of drug-likeness (QED) is 0.907. The van der Waals surface area contributed by atoms with E-state index in [-0.39, 0.29) is 19.6 Å². The molecule has 1 atom stereocenters. The second kappa shape index (κ2) is 5.26. The first-order valence-corrected chi connectivity index (χ1v) is 5.89. The van der Waals surface area contributed by atoms with Crippen LogP contribution in [-0.2, 0) is 16.1 Å². The Labute approximate surface area is 109 Å². The summed E-state index contributed by atoms with van der Waals surface area (Å²) in [6, 6.07) is 9.07. The van der Waals surface area contributed by atoms with Gasteiger partial charge < -0.3 is 14.7 Å². The fraction of sp³-hybridized carbons (Fsp3) is 0.385.